The van der Waals surface area contributed by atoms with Gasteiger partial charge in [-0.15, -0.1) is 0 Å². The van der Waals surface area contributed by atoms with E-state index in [-0.39, 0.29) is 11.9 Å². The van der Waals surface area contributed by atoms with E-state index >= 15 is 0 Å². The Labute approximate surface area is 143 Å². The average molecular weight is 327 g/mol. The van der Waals surface area contributed by atoms with Crippen LogP contribution in [0.2, 0.25) is 0 Å². The summed E-state index contributed by atoms with van der Waals surface area (Å²) in [6, 6.07) is 9.78. The molecule has 0 aliphatic rings. The number of aryl methyl sites for hydroxylation is 1. The first-order chi connectivity index (χ1) is 11.4. The van der Waals surface area contributed by atoms with E-state index < -0.39 is 0 Å². The largest absolute Gasteiger partial charge is 0.378 e. The lowest BCUT2D eigenvalue weighted by molar-refractivity contribution is 0.0934. The molecule has 0 bridgehead atoms. The van der Waals surface area contributed by atoms with Gasteiger partial charge in [-0.3, -0.25) is 4.79 Å². The summed E-state index contributed by atoms with van der Waals surface area (Å²) < 4.78 is 0. The van der Waals surface area contributed by atoms with Gasteiger partial charge in [-0.05, 0) is 44.5 Å². The number of carbonyl (C=O) groups excluding carboxylic acids is 1. The van der Waals surface area contributed by atoms with Crippen LogP contribution in [0.4, 0.5) is 17.2 Å². The zero-order valence-corrected chi connectivity index (χ0v) is 14.9. The second-order valence-corrected chi connectivity index (χ2v) is 6.03. The zero-order valence-electron chi connectivity index (χ0n) is 14.9. The summed E-state index contributed by atoms with van der Waals surface area (Å²) >= 11 is 0. The van der Waals surface area contributed by atoms with Gasteiger partial charge in [0.2, 0.25) is 0 Å². The van der Waals surface area contributed by atoms with Gasteiger partial charge in [0.05, 0.1) is 0 Å². The highest BCUT2D eigenvalue weighted by molar-refractivity contribution is 5.93. The molecule has 2 rings (SSSR count). The fourth-order valence-corrected chi connectivity index (χ4v) is 2.14. The number of aromatic nitrogens is 2. The van der Waals surface area contributed by atoms with Crippen molar-refractivity contribution in [2.45, 2.75) is 33.2 Å². The number of nitrogens with zero attached hydrogens (tertiary/aromatic N) is 3. The molecule has 1 aromatic carbocycles. The number of benzene rings is 1. The minimum absolute atomic E-state index is 0.114. The average Bonchev–Trinajstić information content (AvgIpc) is 2.54. The maximum atomic E-state index is 12.3. The number of amides is 1. The van der Waals surface area contributed by atoms with Gasteiger partial charge in [0.25, 0.3) is 5.91 Å². The molecule has 128 valence electrons. The molecule has 0 aliphatic heterocycles. The van der Waals surface area contributed by atoms with E-state index in [4.69, 9.17) is 0 Å². The lowest BCUT2D eigenvalue weighted by Gasteiger charge is -2.14. The van der Waals surface area contributed by atoms with Crippen LogP contribution >= 0.6 is 0 Å². The summed E-state index contributed by atoms with van der Waals surface area (Å²) in [5.41, 5.74) is 2.40. The maximum Gasteiger partial charge on any atom is 0.270 e. The van der Waals surface area contributed by atoms with Crippen molar-refractivity contribution in [2.75, 3.05) is 24.3 Å². The molecule has 2 N–H and O–H groups in total. The number of carbonyl (C=O) groups is 1. The molecule has 1 unspecified atom stereocenters. The SMILES string of the molecule is CCC(C)NC(=O)c1cc(Nc2ccc(N(C)C)cc2)nc(C)n1. The van der Waals surface area contributed by atoms with Crippen molar-refractivity contribution in [3.8, 4) is 0 Å². The van der Waals surface area contributed by atoms with E-state index in [0.717, 1.165) is 17.8 Å². The standard InChI is InChI=1S/C18H25N5O/c1-6-12(2)19-18(24)16-11-17(21-13(3)20-16)22-14-7-9-15(10-8-14)23(4)5/h7-12H,6H2,1-5H3,(H,19,24)(H,20,21,22). The number of hydrogen-bond donors (Lipinski definition) is 2. The van der Waals surface area contributed by atoms with Gasteiger partial charge in [0.15, 0.2) is 0 Å². The normalized spacial score (nSPS) is 11.7. The predicted octanol–water partition coefficient (Wildman–Crippen LogP) is 3.12. The summed E-state index contributed by atoms with van der Waals surface area (Å²) in [4.78, 5) is 22.9. The minimum atomic E-state index is -0.180. The summed E-state index contributed by atoms with van der Waals surface area (Å²) in [6.45, 7) is 5.78. The van der Waals surface area contributed by atoms with E-state index in [1.807, 2.05) is 57.1 Å². The number of hydrogen-bond acceptors (Lipinski definition) is 5. The van der Waals surface area contributed by atoms with Gasteiger partial charge in [-0.1, -0.05) is 6.92 Å². The van der Waals surface area contributed by atoms with Crippen LogP contribution in [0.25, 0.3) is 0 Å². The highest BCUT2D eigenvalue weighted by atomic mass is 16.1. The van der Waals surface area contributed by atoms with Crippen LogP contribution in [-0.4, -0.2) is 36.0 Å². The van der Waals surface area contributed by atoms with E-state index in [9.17, 15) is 4.79 Å². The number of anilines is 3. The molecule has 1 heterocycles. The molecule has 0 saturated carbocycles. The molecular weight excluding hydrogens is 302 g/mol. The zero-order chi connectivity index (χ0) is 17.7. The molecule has 0 radical (unpaired) electrons. The third-order valence-electron chi connectivity index (χ3n) is 3.72. The molecule has 0 spiro atoms. The van der Waals surface area contributed by atoms with Crippen LogP contribution in [0.3, 0.4) is 0 Å². The molecule has 0 fully saturated rings. The van der Waals surface area contributed by atoms with Gasteiger partial charge in [-0.25, -0.2) is 9.97 Å². The third-order valence-corrected chi connectivity index (χ3v) is 3.72. The van der Waals surface area contributed by atoms with E-state index in [1.165, 1.54) is 0 Å². The lowest BCUT2D eigenvalue weighted by atomic mass is 10.2. The van der Waals surface area contributed by atoms with Gasteiger partial charge in [0, 0.05) is 37.6 Å². The summed E-state index contributed by atoms with van der Waals surface area (Å²) in [5.74, 6) is 0.981. The monoisotopic (exact) mass is 327 g/mol. The Kier molecular flexibility index (Phi) is 5.73. The Morgan fingerprint density at radius 1 is 1.21 bits per heavy atom. The summed E-state index contributed by atoms with van der Waals surface area (Å²) in [5, 5.41) is 6.15. The van der Waals surface area contributed by atoms with Crippen molar-refractivity contribution in [3.05, 3.63) is 41.9 Å². The predicted molar refractivity (Wildman–Crippen MR) is 98.0 cm³/mol. The van der Waals surface area contributed by atoms with E-state index in [0.29, 0.717) is 17.3 Å². The fraction of sp³-hybridized carbons (Fsp3) is 0.389. The van der Waals surface area contributed by atoms with Crippen molar-refractivity contribution in [1.82, 2.24) is 15.3 Å². The molecular formula is C18H25N5O. The second-order valence-electron chi connectivity index (χ2n) is 6.03. The highest BCUT2D eigenvalue weighted by Gasteiger charge is 2.12. The Balaban J connectivity index is 2.17. The molecule has 1 atom stereocenters. The Hall–Kier alpha value is -2.63. The molecule has 6 nitrogen and oxygen atoms in total. The molecule has 0 saturated heterocycles. The van der Waals surface area contributed by atoms with E-state index in [1.54, 1.807) is 13.0 Å². The van der Waals surface area contributed by atoms with Crippen LogP contribution in [-0.2, 0) is 0 Å². The lowest BCUT2D eigenvalue weighted by Crippen LogP contribution is -2.32. The van der Waals surface area contributed by atoms with Crippen molar-refractivity contribution in [3.63, 3.8) is 0 Å². The summed E-state index contributed by atoms with van der Waals surface area (Å²) in [6.07, 6.45) is 0.874. The van der Waals surface area contributed by atoms with E-state index in [2.05, 4.69) is 20.6 Å². The Morgan fingerprint density at radius 2 is 1.88 bits per heavy atom. The molecule has 1 aromatic heterocycles. The highest BCUT2D eigenvalue weighted by Crippen LogP contribution is 2.19. The van der Waals surface area contributed by atoms with Crippen LogP contribution in [0.1, 0.15) is 36.6 Å². The molecule has 1 amide bonds. The van der Waals surface area contributed by atoms with Crippen LogP contribution in [0, 0.1) is 6.92 Å². The van der Waals surface area contributed by atoms with Crippen LogP contribution in [0.5, 0.6) is 0 Å². The fourth-order valence-electron chi connectivity index (χ4n) is 2.14. The maximum absolute atomic E-state index is 12.3. The van der Waals surface area contributed by atoms with Crippen molar-refractivity contribution >= 4 is 23.1 Å². The topological polar surface area (TPSA) is 70.2 Å². The molecule has 0 aliphatic carbocycles. The number of nitrogens with one attached hydrogen (secondary N) is 2. The van der Waals surface area contributed by atoms with Crippen molar-refractivity contribution < 1.29 is 4.79 Å². The van der Waals surface area contributed by atoms with Crippen LogP contribution in [0.15, 0.2) is 30.3 Å². The third kappa shape index (κ3) is 4.68. The van der Waals surface area contributed by atoms with Crippen LogP contribution < -0.4 is 15.5 Å². The first-order valence-corrected chi connectivity index (χ1v) is 8.10. The molecule has 6 heteroatoms. The Bertz CT molecular complexity index is 697. The Morgan fingerprint density at radius 3 is 2.46 bits per heavy atom. The molecule has 24 heavy (non-hydrogen) atoms. The minimum Gasteiger partial charge on any atom is -0.378 e. The molecule has 2 aromatic rings. The first kappa shape index (κ1) is 17.7. The second kappa shape index (κ2) is 7.77. The van der Waals surface area contributed by atoms with Gasteiger partial charge < -0.3 is 15.5 Å². The van der Waals surface area contributed by atoms with Gasteiger partial charge >= 0.3 is 0 Å². The summed E-state index contributed by atoms with van der Waals surface area (Å²) in [7, 11) is 4.00. The quantitative estimate of drug-likeness (QED) is 0.853. The van der Waals surface area contributed by atoms with Crippen molar-refractivity contribution in [2.24, 2.45) is 0 Å². The van der Waals surface area contributed by atoms with Gasteiger partial charge in [0.1, 0.15) is 17.3 Å². The van der Waals surface area contributed by atoms with Crippen molar-refractivity contribution in [1.29, 1.82) is 0 Å². The number of rotatable bonds is 6. The first-order valence-electron chi connectivity index (χ1n) is 8.10. The smallest absolute Gasteiger partial charge is 0.270 e. The van der Waals surface area contributed by atoms with Gasteiger partial charge in [-0.2, -0.15) is 0 Å².